The summed E-state index contributed by atoms with van der Waals surface area (Å²) in [7, 11) is -2.91. The molecule has 3 rings (SSSR count). The molecule has 1 aliphatic rings. The average molecular weight is 279 g/mol. The van der Waals surface area contributed by atoms with E-state index in [0.717, 1.165) is 16.5 Å². The van der Waals surface area contributed by atoms with Crippen LogP contribution in [-0.4, -0.2) is 27.2 Å². The number of anilines is 1. The first-order valence-electron chi connectivity index (χ1n) is 6.20. The van der Waals surface area contributed by atoms with Crippen LogP contribution >= 0.6 is 11.0 Å². The van der Waals surface area contributed by atoms with Gasteiger partial charge in [-0.2, -0.15) is 0 Å². The lowest BCUT2D eigenvalue weighted by molar-refractivity contribution is 0.424. The molecular weight excluding hydrogens is 262 g/mol. The first-order chi connectivity index (χ1) is 9.06. The van der Waals surface area contributed by atoms with Gasteiger partial charge in [-0.15, -0.1) is 0 Å². The van der Waals surface area contributed by atoms with Crippen LogP contribution in [0.5, 0.6) is 0 Å². The highest BCUT2D eigenvalue weighted by Gasteiger charge is 2.29. The van der Waals surface area contributed by atoms with Crippen molar-refractivity contribution in [3.63, 3.8) is 0 Å². The highest BCUT2D eigenvalue weighted by molar-refractivity contribution is 8.23. The van der Waals surface area contributed by atoms with E-state index >= 15 is 0 Å². The van der Waals surface area contributed by atoms with Crippen LogP contribution in [0, 0.1) is 5.92 Å². The monoisotopic (exact) mass is 279 g/mol. The molecule has 2 aromatic rings. The van der Waals surface area contributed by atoms with E-state index in [-0.39, 0.29) is 0 Å². The summed E-state index contributed by atoms with van der Waals surface area (Å²) in [6, 6.07) is 7.74. The minimum absolute atomic E-state index is 0.369. The van der Waals surface area contributed by atoms with Crippen molar-refractivity contribution in [2.75, 3.05) is 17.4 Å². The van der Waals surface area contributed by atoms with Crippen LogP contribution in [-0.2, 0) is 0 Å². The van der Waals surface area contributed by atoms with Crippen molar-refractivity contribution in [1.82, 2.24) is 9.71 Å². The second kappa shape index (κ2) is 4.64. The van der Waals surface area contributed by atoms with Gasteiger partial charge in [-0.3, -0.25) is 18.4 Å². The topological polar surface area (TPSA) is 68.6 Å². The van der Waals surface area contributed by atoms with E-state index < -0.39 is 11.0 Å². The van der Waals surface area contributed by atoms with Gasteiger partial charge in [0.15, 0.2) is 0 Å². The number of benzene rings is 1. The highest BCUT2D eigenvalue weighted by atomic mass is 32.3. The molecule has 0 amide bonds. The Bertz CT molecular complexity index is 605. The van der Waals surface area contributed by atoms with E-state index in [1.807, 2.05) is 24.3 Å². The normalized spacial score (nSPS) is 24.4. The van der Waals surface area contributed by atoms with Crippen molar-refractivity contribution in [2.24, 2.45) is 5.92 Å². The molecular formula is C13H17N3O2S. The molecule has 0 aliphatic carbocycles. The molecule has 5 nitrogen and oxygen atoms in total. The van der Waals surface area contributed by atoms with Crippen LogP contribution in [0.1, 0.15) is 6.92 Å². The summed E-state index contributed by atoms with van der Waals surface area (Å²) in [6.07, 6.45) is 3.54. The zero-order valence-electron chi connectivity index (χ0n) is 10.7. The van der Waals surface area contributed by atoms with Gasteiger partial charge in [0.2, 0.25) is 0 Å². The Balaban J connectivity index is 2.02. The third-order valence-corrected chi connectivity index (χ3v) is 4.85. The maximum absolute atomic E-state index is 10.1. The van der Waals surface area contributed by atoms with Crippen LogP contribution in [0.3, 0.4) is 0 Å². The van der Waals surface area contributed by atoms with Gasteiger partial charge < -0.3 is 0 Å². The van der Waals surface area contributed by atoms with E-state index in [1.165, 1.54) is 0 Å². The third-order valence-electron chi connectivity index (χ3n) is 3.32. The lowest BCUT2D eigenvalue weighted by atomic mass is 10.1. The number of hydrogen-bond donors (Lipinski definition) is 3. The molecule has 6 heteroatoms. The zero-order chi connectivity index (χ0) is 13.5. The molecule has 1 aromatic heterocycles. The van der Waals surface area contributed by atoms with Gasteiger partial charge in [-0.1, -0.05) is 24.0 Å². The minimum atomic E-state index is -2.91. The van der Waals surface area contributed by atoms with Crippen molar-refractivity contribution in [3.05, 3.63) is 36.7 Å². The molecule has 1 atom stereocenters. The molecule has 0 radical (unpaired) electrons. The molecule has 3 N–H and O–H groups in total. The van der Waals surface area contributed by atoms with Gasteiger partial charge in [-0.05, 0) is 29.5 Å². The number of fused-ring (bicyclic) bond motifs is 1. The van der Waals surface area contributed by atoms with Gasteiger partial charge in [0.05, 0.1) is 5.69 Å². The first-order valence-corrected chi connectivity index (χ1v) is 7.71. The van der Waals surface area contributed by atoms with Crippen molar-refractivity contribution < 1.29 is 9.11 Å². The molecule has 0 unspecified atom stereocenters. The van der Waals surface area contributed by atoms with Crippen LogP contribution in [0.25, 0.3) is 10.8 Å². The molecule has 2 heterocycles. The van der Waals surface area contributed by atoms with E-state index in [9.17, 15) is 9.11 Å². The number of hydrogen-bond acceptors (Lipinski definition) is 5. The Morgan fingerprint density at radius 2 is 2.16 bits per heavy atom. The summed E-state index contributed by atoms with van der Waals surface area (Å²) in [5, 5.41) is 2.08. The van der Waals surface area contributed by atoms with Gasteiger partial charge in [-0.25, -0.2) is 4.72 Å². The first kappa shape index (κ1) is 12.7. The molecule has 0 saturated carbocycles. The molecule has 1 saturated heterocycles. The summed E-state index contributed by atoms with van der Waals surface area (Å²) < 4.78 is 24.7. The smallest absolute Gasteiger partial charge is 0.0588 e. The number of nitrogens with zero attached hydrogens (tertiary/aromatic N) is 2. The van der Waals surface area contributed by atoms with Crippen LogP contribution < -0.4 is 9.03 Å². The lowest BCUT2D eigenvalue weighted by Crippen LogP contribution is -2.47. The van der Waals surface area contributed by atoms with Crippen LogP contribution in [0.2, 0.25) is 0 Å². The summed E-state index contributed by atoms with van der Waals surface area (Å²) >= 11 is 0. The fourth-order valence-electron chi connectivity index (χ4n) is 2.26. The Morgan fingerprint density at radius 1 is 1.32 bits per heavy atom. The summed E-state index contributed by atoms with van der Waals surface area (Å²) in [6.45, 7) is 3.34. The Morgan fingerprint density at radius 3 is 3.00 bits per heavy atom. The molecule has 1 fully saturated rings. The minimum Gasteiger partial charge on any atom is -0.269 e. The largest absolute Gasteiger partial charge is 0.269 e. The number of pyridine rings is 1. The van der Waals surface area contributed by atoms with E-state index in [4.69, 9.17) is 0 Å². The fourth-order valence-corrected chi connectivity index (χ4v) is 3.80. The average Bonchev–Trinajstić information content (AvgIpc) is 2.41. The maximum atomic E-state index is 10.1. The molecule has 0 spiro atoms. The number of nitrogens with one attached hydrogen (secondary N) is 1. The quantitative estimate of drug-likeness (QED) is 0.749. The van der Waals surface area contributed by atoms with E-state index in [0.29, 0.717) is 19.0 Å². The fraction of sp³-hybridized carbons (Fsp3) is 0.308. The van der Waals surface area contributed by atoms with Crippen molar-refractivity contribution in [1.29, 1.82) is 0 Å². The van der Waals surface area contributed by atoms with Crippen molar-refractivity contribution in [3.8, 4) is 0 Å². The summed E-state index contributed by atoms with van der Waals surface area (Å²) in [5.41, 5.74) is 0.817. The van der Waals surface area contributed by atoms with Gasteiger partial charge in [0.25, 0.3) is 0 Å². The predicted molar refractivity (Wildman–Crippen MR) is 79.1 cm³/mol. The summed E-state index contributed by atoms with van der Waals surface area (Å²) in [5.74, 6) is 0.369. The molecule has 102 valence electrons. The Hall–Kier alpha value is -1.34. The van der Waals surface area contributed by atoms with E-state index in [2.05, 4.69) is 16.6 Å². The SMILES string of the molecule is C[C@@H]1CNS(O)(O)N(c2ccc3cnccc3c2)C1. The second-order valence-corrected chi connectivity index (χ2v) is 6.71. The van der Waals surface area contributed by atoms with Crippen LogP contribution in [0.15, 0.2) is 36.7 Å². The molecule has 0 bridgehead atoms. The second-order valence-electron chi connectivity index (χ2n) is 4.94. The predicted octanol–water partition coefficient (Wildman–Crippen LogP) is 2.86. The van der Waals surface area contributed by atoms with E-state index in [1.54, 1.807) is 16.7 Å². The highest BCUT2D eigenvalue weighted by Crippen LogP contribution is 2.45. The molecule has 1 aliphatic heterocycles. The Labute approximate surface area is 113 Å². The molecule has 1 aromatic carbocycles. The maximum Gasteiger partial charge on any atom is 0.0588 e. The van der Waals surface area contributed by atoms with Gasteiger partial charge in [0, 0.05) is 30.9 Å². The Kier molecular flexibility index (Phi) is 3.10. The van der Waals surface area contributed by atoms with Gasteiger partial charge >= 0.3 is 0 Å². The van der Waals surface area contributed by atoms with Crippen molar-refractivity contribution >= 4 is 27.4 Å². The molecule has 19 heavy (non-hydrogen) atoms. The van der Waals surface area contributed by atoms with Gasteiger partial charge in [0.1, 0.15) is 0 Å². The summed E-state index contributed by atoms with van der Waals surface area (Å²) in [4.78, 5) is 4.08. The third kappa shape index (κ3) is 2.40. The number of aromatic nitrogens is 1. The zero-order valence-corrected chi connectivity index (χ0v) is 11.5. The van der Waals surface area contributed by atoms with Crippen molar-refractivity contribution in [2.45, 2.75) is 6.92 Å². The lowest BCUT2D eigenvalue weighted by Gasteiger charge is -2.49. The standard InChI is InChI=1S/C13H17N3O2S/c1-10-7-15-19(17,18)16(9-10)13-3-2-12-8-14-5-4-11(12)6-13/h2-6,8,10,15,17-18H,7,9H2,1H3/t10-/m1/s1. The van der Waals surface area contributed by atoms with Crippen LogP contribution in [0.4, 0.5) is 5.69 Å². The number of rotatable bonds is 1.